The first-order valence-corrected chi connectivity index (χ1v) is 6.13. The second kappa shape index (κ2) is 5.51. The predicted octanol–water partition coefficient (Wildman–Crippen LogP) is 1.33. The van der Waals surface area contributed by atoms with E-state index in [1.165, 1.54) is 16.7 Å². The molecule has 2 aromatic carbocycles. The molecule has 4 N–H and O–H groups in total. The van der Waals surface area contributed by atoms with Crippen molar-refractivity contribution in [3.8, 4) is 11.1 Å². The molecule has 0 spiro atoms. The van der Waals surface area contributed by atoms with Gasteiger partial charge in [-0.25, -0.2) is 4.99 Å². The molecule has 0 radical (unpaired) electrons. The van der Waals surface area contributed by atoms with Crippen LogP contribution in [0.1, 0.15) is 5.56 Å². The first-order valence-electron chi connectivity index (χ1n) is 6.13. The van der Waals surface area contributed by atoms with Crippen LogP contribution in [0.3, 0.4) is 0 Å². The highest BCUT2D eigenvalue weighted by molar-refractivity contribution is 5.79. The van der Waals surface area contributed by atoms with E-state index < -0.39 is 0 Å². The highest BCUT2D eigenvalue weighted by Gasteiger charge is 2.02. The Morgan fingerprint density at radius 3 is 2.05 bits per heavy atom. The summed E-state index contributed by atoms with van der Waals surface area (Å²) in [7, 11) is 0. The molecule has 1 aliphatic heterocycles. The van der Waals surface area contributed by atoms with Crippen molar-refractivity contribution in [2.24, 2.45) is 4.99 Å². The molecule has 0 bridgehead atoms. The van der Waals surface area contributed by atoms with Gasteiger partial charge >= 0.3 is 0 Å². The number of hydrogen-bond acceptors (Lipinski definition) is 3. The first-order chi connectivity index (χ1) is 9.42. The van der Waals surface area contributed by atoms with Crippen LogP contribution in [0.25, 0.3) is 11.1 Å². The molecule has 0 aromatic heterocycles. The van der Waals surface area contributed by atoms with Crippen molar-refractivity contribution in [2.75, 3.05) is 0 Å². The second-order valence-electron chi connectivity index (χ2n) is 4.23. The zero-order valence-electron chi connectivity index (χ0n) is 10.4. The lowest BCUT2D eigenvalue weighted by Gasteiger charge is -2.03. The topological polar surface area (TPSA) is 60.5 Å². The molecule has 0 saturated carbocycles. The van der Waals surface area contributed by atoms with Crippen LogP contribution in [-0.2, 0) is 6.54 Å². The Kier molecular flexibility index (Phi) is 3.40. The van der Waals surface area contributed by atoms with E-state index >= 15 is 0 Å². The summed E-state index contributed by atoms with van der Waals surface area (Å²) >= 11 is 0. The molecule has 1 saturated heterocycles. The van der Waals surface area contributed by atoms with E-state index in [1.807, 2.05) is 18.2 Å². The lowest BCUT2D eigenvalue weighted by molar-refractivity contribution is 0.556. The van der Waals surface area contributed by atoms with Crippen LogP contribution in [0.2, 0.25) is 0 Å². The number of rotatable bonds is 3. The van der Waals surface area contributed by atoms with Crippen molar-refractivity contribution in [1.29, 1.82) is 0 Å². The fourth-order valence-corrected chi connectivity index (χ4v) is 1.89. The van der Waals surface area contributed by atoms with Crippen molar-refractivity contribution >= 4 is 5.96 Å². The SMILES string of the molecule is c1ccc(-c2ccc(CN=C3NNNN3)cc2)cc1. The lowest BCUT2D eigenvalue weighted by atomic mass is 10.0. The zero-order valence-corrected chi connectivity index (χ0v) is 10.4. The van der Waals surface area contributed by atoms with Crippen molar-refractivity contribution in [3.05, 3.63) is 60.2 Å². The van der Waals surface area contributed by atoms with Crippen LogP contribution >= 0.6 is 0 Å². The lowest BCUT2D eigenvalue weighted by Crippen LogP contribution is -2.33. The molecule has 0 amide bonds. The molecule has 0 aliphatic carbocycles. The summed E-state index contributed by atoms with van der Waals surface area (Å²) in [4.78, 5) is 4.37. The van der Waals surface area contributed by atoms with E-state index in [4.69, 9.17) is 0 Å². The van der Waals surface area contributed by atoms with Crippen LogP contribution in [0.4, 0.5) is 0 Å². The highest BCUT2D eigenvalue weighted by Crippen LogP contribution is 2.19. The average Bonchev–Trinajstić information content (AvgIpc) is 3.00. The van der Waals surface area contributed by atoms with Crippen molar-refractivity contribution < 1.29 is 0 Å². The quantitative estimate of drug-likeness (QED) is 0.666. The summed E-state index contributed by atoms with van der Waals surface area (Å²) < 4.78 is 0. The van der Waals surface area contributed by atoms with Gasteiger partial charge in [-0.05, 0) is 16.7 Å². The van der Waals surface area contributed by atoms with Crippen LogP contribution in [-0.4, -0.2) is 5.96 Å². The van der Waals surface area contributed by atoms with E-state index in [2.05, 4.69) is 63.3 Å². The van der Waals surface area contributed by atoms with E-state index in [0.717, 1.165) is 0 Å². The Morgan fingerprint density at radius 2 is 1.37 bits per heavy atom. The van der Waals surface area contributed by atoms with Crippen molar-refractivity contribution in [2.45, 2.75) is 6.54 Å². The second-order valence-corrected chi connectivity index (χ2v) is 4.23. The number of aliphatic imine (C=N–C) groups is 1. The van der Waals surface area contributed by atoms with Gasteiger partial charge in [-0.2, -0.15) is 11.1 Å². The maximum Gasteiger partial charge on any atom is 0.223 e. The van der Waals surface area contributed by atoms with Crippen LogP contribution in [0.5, 0.6) is 0 Å². The van der Waals surface area contributed by atoms with Gasteiger partial charge in [-0.1, -0.05) is 54.6 Å². The molecule has 5 heteroatoms. The number of hydrazine groups is 3. The van der Waals surface area contributed by atoms with Gasteiger partial charge < -0.3 is 0 Å². The summed E-state index contributed by atoms with van der Waals surface area (Å²) in [6.07, 6.45) is 0. The molecule has 2 aromatic rings. The van der Waals surface area contributed by atoms with Gasteiger partial charge in [0.05, 0.1) is 6.54 Å². The minimum atomic E-state index is 0.633. The normalized spacial score (nSPS) is 13.8. The molecule has 1 fully saturated rings. The minimum Gasteiger partial charge on any atom is -0.276 e. The third-order valence-electron chi connectivity index (χ3n) is 2.91. The molecular weight excluding hydrogens is 238 g/mol. The average molecular weight is 253 g/mol. The number of nitrogens with zero attached hydrogens (tertiary/aromatic N) is 1. The fourth-order valence-electron chi connectivity index (χ4n) is 1.89. The monoisotopic (exact) mass is 253 g/mol. The number of benzene rings is 2. The maximum atomic E-state index is 4.37. The Balaban J connectivity index is 1.70. The van der Waals surface area contributed by atoms with Gasteiger partial charge in [-0.15, -0.1) is 0 Å². The number of guanidine groups is 1. The molecular formula is C14H15N5. The molecule has 1 heterocycles. The van der Waals surface area contributed by atoms with Gasteiger partial charge in [-0.3, -0.25) is 10.9 Å². The predicted molar refractivity (Wildman–Crippen MR) is 75.6 cm³/mol. The van der Waals surface area contributed by atoms with E-state index in [9.17, 15) is 0 Å². The highest BCUT2D eigenvalue weighted by atomic mass is 15.8. The van der Waals surface area contributed by atoms with Gasteiger partial charge in [0.25, 0.3) is 0 Å². The van der Waals surface area contributed by atoms with Crippen LogP contribution in [0, 0.1) is 0 Å². The molecule has 3 rings (SSSR count). The molecule has 96 valence electrons. The summed E-state index contributed by atoms with van der Waals surface area (Å²) in [6.45, 7) is 0.633. The summed E-state index contributed by atoms with van der Waals surface area (Å²) in [5, 5.41) is 0. The fraction of sp³-hybridized carbons (Fsp3) is 0.0714. The zero-order chi connectivity index (χ0) is 12.9. The number of hydrogen-bond donors (Lipinski definition) is 4. The summed E-state index contributed by atoms with van der Waals surface area (Å²) in [6, 6.07) is 18.8. The first kappa shape index (κ1) is 11.7. The molecule has 5 nitrogen and oxygen atoms in total. The van der Waals surface area contributed by atoms with Crippen molar-refractivity contribution in [3.63, 3.8) is 0 Å². The summed E-state index contributed by atoms with van der Waals surface area (Å²) in [5.74, 6) is 0.687. The van der Waals surface area contributed by atoms with Gasteiger partial charge in [0.2, 0.25) is 5.96 Å². The standard InChI is InChI=1S/C14H15N5/c1-2-4-12(5-3-1)13-8-6-11(7-9-13)10-15-14-16-18-19-17-14/h1-9,18-19H,10H2,(H2,15,16,17). The maximum absolute atomic E-state index is 4.37. The van der Waals surface area contributed by atoms with Crippen LogP contribution in [0.15, 0.2) is 59.6 Å². The smallest absolute Gasteiger partial charge is 0.223 e. The molecule has 19 heavy (non-hydrogen) atoms. The Bertz CT molecular complexity index is 554. The van der Waals surface area contributed by atoms with Gasteiger partial charge in [0.1, 0.15) is 0 Å². The van der Waals surface area contributed by atoms with Crippen molar-refractivity contribution in [1.82, 2.24) is 21.9 Å². The number of nitrogens with one attached hydrogen (secondary N) is 4. The molecule has 0 unspecified atom stereocenters. The van der Waals surface area contributed by atoms with E-state index in [-0.39, 0.29) is 0 Å². The van der Waals surface area contributed by atoms with Crippen LogP contribution < -0.4 is 21.9 Å². The molecule has 0 atom stereocenters. The Hall–Kier alpha value is -2.37. The largest absolute Gasteiger partial charge is 0.276 e. The Morgan fingerprint density at radius 1 is 0.737 bits per heavy atom. The van der Waals surface area contributed by atoms with Gasteiger partial charge in [0, 0.05) is 0 Å². The Labute approximate surface area is 111 Å². The summed E-state index contributed by atoms with van der Waals surface area (Å²) in [5.41, 5.74) is 14.7. The van der Waals surface area contributed by atoms with E-state index in [0.29, 0.717) is 12.5 Å². The van der Waals surface area contributed by atoms with E-state index in [1.54, 1.807) is 0 Å². The third kappa shape index (κ3) is 2.90. The molecule has 1 aliphatic rings. The minimum absolute atomic E-state index is 0.633. The third-order valence-corrected chi connectivity index (χ3v) is 2.91. The van der Waals surface area contributed by atoms with Gasteiger partial charge in [0.15, 0.2) is 0 Å².